The van der Waals surface area contributed by atoms with Gasteiger partial charge in [-0.1, -0.05) is 0 Å². The first-order valence-electron chi connectivity index (χ1n) is 8.57. The number of aromatic nitrogens is 2. The zero-order valence-electron chi connectivity index (χ0n) is 13.8. The van der Waals surface area contributed by atoms with Crippen molar-refractivity contribution >= 4 is 6.03 Å². The largest absolute Gasteiger partial charge is 0.379 e. The van der Waals surface area contributed by atoms with E-state index in [1.165, 1.54) is 0 Å². The first-order chi connectivity index (χ1) is 11.2. The number of morpholine rings is 1. The number of nitrogens with zero attached hydrogens (tertiary/aromatic N) is 3. The van der Waals surface area contributed by atoms with Crippen molar-refractivity contribution in [1.29, 1.82) is 0 Å². The summed E-state index contributed by atoms with van der Waals surface area (Å²) < 4.78 is 5.43. The Morgan fingerprint density at radius 1 is 1.39 bits per heavy atom. The fraction of sp³-hybridized carbons (Fsp3) is 0.750. The first kappa shape index (κ1) is 16.3. The number of hydrogen-bond acceptors (Lipinski definition) is 4. The van der Waals surface area contributed by atoms with Crippen LogP contribution in [-0.2, 0) is 11.3 Å². The second-order valence-electron chi connectivity index (χ2n) is 6.45. The molecule has 3 rings (SSSR count). The molecule has 2 aliphatic heterocycles. The fourth-order valence-corrected chi connectivity index (χ4v) is 3.53. The fourth-order valence-electron chi connectivity index (χ4n) is 3.53. The number of aromatic amines is 1. The normalized spacial score (nSPS) is 22.0. The lowest BCUT2D eigenvalue weighted by atomic mass is 9.89. The molecule has 0 radical (unpaired) electrons. The smallest absolute Gasteiger partial charge is 0.317 e. The van der Waals surface area contributed by atoms with E-state index in [0.717, 1.165) is 57.9 Å². The predicted octanol–water partition coefficient (Wildman–Crippen LogP) is 1.05. The molecular formula is C16H27N5O2. The summed E-state index contributed by atoms with van der Waals surface area (Å²) in [5.41, 5.74) is 0.925. The van der Waals surface area contributed by atoms with Gasteiger partial charge in [0.1, 0.15) is 0 Å². The van der Waals surface area contributed by atoms with Crippen LogP contribution in [0.4, 0.5) is 4.79 Å². The van der Waals surface area contributed by atoms with Crippen LogP contribution in [0.15, 0.2) is 12.3 Å². The van der Waals surface area contributed by atoms with E-state index < -0.39 is 0 Å². The van der Waals surface area contributed by atoms with Gasteiger partial charge in [0.2, 0.25) is 0 Å². The van der Waals surface area contributed by atoms with Crippen LogP contribution in [0.5, 0.6) is 0 Å². The highest BCUT2D eigenvalue weighted by Crippen LogP contribution is 2.24. The number of piperidine rings is 1. The summed E-state index contributed by atoms with van der Waals surface area (Å²) >= 11 is 0. The molecule has 0 unspecified atom stereocenters. The van der Waals surface area contributed by atoms with Gasteiger partial charge in [0, 0.05) is 38.4 Å². The van der Waals surface area contributed by atoms with Crippen LogP contribution in [0, 0.1) is 5.92 Å². The summed E-state index contributed by atoms with van der Waals surface area (Å²) in [5, 5.41) is 9.69. The van der Waals surface area contributed by atoms with Gasteiger partial charge in [-0.25, -0.2) is 4.79 Å². The van der Waals surface area contributed by atoms with Crippen molar-refractivity contribution in [1.82, 2.24) is 25.3 Å². The lowest BCUT2D eigenvalue weighted by Crippen LogP contribution is -2.50. The Morgan fingerprint density at radius 3 is 2.78 bits per heavy atom. The second kappa shape index (κ2) is 7.79. The van der Waals surface area contributed by atoms with Gasteiger partial charge in [0.15, 0.2) is 0 Å². The molecule has 1 aromatic rings. The molecule has 2 aliphatic rings. The molecule has 2 saturated heterocycles. The third-order valence-corrected chi connectivity index (χ3v) is 5.12. The van der Waals surface area contributed by atoms with E-state index in [1.54, 1.807) is 6.20 Å². The van der Waals surface area contributed by atoms with Gasteiger partial charge in [0.25, 0.3) is 0 Å². The van der Waals surface area contributed by atoms with Crippen molar-refractivity contribution in [2.24, 2.45) is 5.92 Å². The molecule has 1 aromatic heterocycles. The molecule has 0 aliphatic carbocycles. The van der Waals surface area contributed by atoms with Crippen LogP contribution in [0.25, 0.3) is 0 Å². The van der Waals surface area contributed by atoms with Gasteiger partial charge in [-0.05, 0) is 31.7 Å². The minimum Gasteiger partial charge on any atom is -0.379 e. The van der Waals surface area contributed by atoms with Gasteiger partial charge >= 0.3 is 6.03 Å². The predicted molar refractivity (Wildman–Crippen MR) is 87.0 cm³/mol. The van der Waals surface area contributed by atoms with Crippen molar-refractivity contribution in [3.8, 4) is 0 Å². The third kappa shape index (κ3) is 4.23. The van der Waals surface area contributed by atoms with Crippen LogP contribution in [0.2, 0.25) is 0 Å². The number of hydrogen-bond donors (Lipinski definition) is 2. The van der Waals surface area contributed by atoms with E-state index in [4.69, 9.17) is 4.74 Å². The quantitative estimate of drug-likeness (QED) is 0.869. The molecule has 0 aromatic carbocycles. The average molecular weight is 321 g/mol. The molecule has 0 bridgehead atoms. The summed E-state index contributed by atoms with van der Waals surface area (Å²) in [5.74, 6) is 0.671. The van der Waals surface area contributed by atoms with Gasteiger partial charge in [-0.2, -0.15) is 5.10 Å². The van der Waals surface area contributed by atoms with E-state index in [9.17, 15) is 4.79 Å². The van der Waals surface area contributed by atoms with Crippen LogP contribution in [0.1, 0.15) is 25.5 Å². The molecule has 23 heavy (non-hydrogen) atoms. The summed E-state index contributed by atoms with van der Waals surface area (Å²) in [6.07, 6.45) is 3.85. The molecule has 1 atom stereocenters. The maximum Gasteiger partial charge on any atom is 0.317 e. The minimum absolute atomic E-state index is 0.0251. The molecule has 2 amide bonds. The third-order valence-electron chi connectivity index (χ3n) is 5.12. The Balaban J connectivity index is 1.41. The highest BCUT2D eigenvalue weighted by atomic mass is 16.5. The molecule has 3 heterocycles. The van der Waals surface area contributed by atoms with E-state index >= 15 is 0 Å². The lowest BCUT2D eigenvalue weighted by Gasteiger charge is -2.40. The van der Waals surface area contributed by atoms with Crippen molar-refractivity contribution in [2.45, 2.75) is 32.4 Å². The summed E-state index contributed by atoms with van der Waals surface area (Å²) in [4.78, 5) is 16.7. The number of ether oxygens (including phenoxy) is 1. The van der Waals surface area contributed by atoms with Crippen LogP contribution >= 0.6 is 0 Å². The molecule has 7 nitrogen and oxygen atoms in total. The average Bonchev–Trinajstić information content (AvgIpc) is 3.13. The molecule has 2 N–H and O–H groups in total. The first-order valence-corrected chi connectivity index (χ1v) is 8.57. The van der Waals surface area contributed by atoms with Gasteiger partial charge in [-0.15, -0.1) is 0 Å². The number of H-pyrrole nitrogens is 1. The molecular weight excluding hydrogens is 294 g/mol. The topological polar surface area (TPSA) is 73.5 Å². The lowest BCUT2D eigenvalue weighted by molar-refractivity contribution is 0.000246. The van der Waals surface area contributed by atoms with E-state index in [1.807, 2.05) is 11.0 Å². The molecule has 0 saturated carbocycles. The van der Waals surface area contributed by atoms with Crippen LogP contribution in [-0.4, -0.2) is 71.5 Å². The summed E-state index contributed by atoms with van der Waals surface area (Å²) in [6, 6.07) is 2.47. The van der Waals surface area contributed by atoms with Crippen molar-refractivity contribution in [2.75, 3.05) is 39.4 Å². The second-order valence-corrected chi connectivity index (χ2v) is 6.45. The van der Waals surface area contributed by atoms with Gasteiger partial charge in [0.05, 0.1) is 25.5 Å². The highest BCUT2D eigenvalue weighted by Gasteiger charge is 2.29. The Hall–Kier alpha value is -1.60. The number of rotatable bonds is 4. The summed E-state index contributed by atoms with van der Waals surface area (Å²) in [6.45, 7) is 8.27. The van der Waals surface area contributed by atoms with Crippen molar-refractivity contribution in [3.05, 3.63) is 18.0 Å². The monoisotopic (exact) mass is 321 g/mol. The number of carbonyl (C=O) groups is 1. The molecule has 2 fully saturated rings. The Kier molecular flexibility index (Phi) is 5.51. The number of urea groups is 1. The Bertz CT molecular complexity index is 479. The standard InChI is InChI=1S/C16H27N5O2/c1-13(20-8-10-23-11-9-20)14-3-6-21(7-4-14)16(22)17-12-15-2-5-18-19-15/h2,5,13-14H,3-4,6-12H2,1H3,(H,17,22)(H,18,19)/t13-/m0/s1. The number of likely N-dealkylation sites (tertiary alicyclic amines) is 1. The maximum absolute atomic E-state index is 12.2. The maximum atomic E-state index is 12.2. The van der Waals surface area contributed by atoms with Gasteiger partial charge < -0.3 is 15.0 Å². The van der Waals surface area contributed by atoms with E-state index in [-0.39, 0.29) is 6.03 Å². The van der Waals surface area contributed by atoms with Gasteiger partial charge in [-0.3, -0.25) is 10.00 Å². The molecule has 128 valence electrons. The zero-order chi connectivity index (χ0) is 16.1. The highest BCUT2D eigenvalue weighted by molar-refractivity contribution is 5.74. The molecule has 7 heteroatoms. The number of amides is 2. The zero-order valence-corrected chi connectivity index (χ0v) is 13.8. The minimum atomic E-state index is 0.0251. The summed E-state index contributed by atoms with van der Waals surface area (Å²) in [7, 11) is 0. The SMILES string of the molecule is C[C@@H](C1CCN(C(=O)NCc2ccn[nH]2)CC1)N1CCOCC1. The van der Waals surface area contributed by atoms with Crippen LogP contribution < -0.4 is 5.32 Å². The Morgan fingerprint density at radius 2 is 2.13 bits per heavy atom. The Labute approximate surface area is 137 Å². The number of carbonyl (C=O) groups excluding carboxylic acids is 1. The number of nitrogens with one attached hydrogen (secondary N) is 2. The van der Waals surface area contributed by atoms with Crippen LogP contribution in [0.3, 0.4) is 0 Å². The molecule has 0 spiro atoms. The van der Waals surface area contributed by atoms with Crippen molar-refractivity contribution in [3.63, 3.8) is 0 Å². The van der Waals surface area contributed by atoms with E-state index in [0.29, 0.717) is 18.5 Å². The van der Waals surface area contributed by atoms with E-state index in [2.05, 4.69) is 27.3 Å². The van der Waals surface area contributed by atoms with Crippen molar-refractivity contribution < 1.29 is 9.53 Å².